The molecular weight excluding hydrogens is 340 g/mol. The van der Waals surface area contributed by atoms with Crippen LogP contribution < -0.4 is 4.90 Å². The number of benzene rings is 1. The largest absolute Gasteiger partial charge is 0.480 e. The minimum absolute atomic E-state index is 0.0488. The highest BCUT2D eigenvalue weighted by Gasteiger charge is 2.30. The number of nitrogens with zero attached hydrogens (tertiary/aromatic N) is 2. The van der Waals surface area contributed by atoms with Crippen LogP contribution in [0.1, 0.15) is 43.0 Å². The maximum atomic E-state index is 13.1. The molecule has 0 bridgehead atoms. The van der Waals surface area contributed by atoms with Gasteiger partial charge in [0.05, 0.1) is 5.56 Å². The van der Waals surface area contributed by atoms with Crippen LogP contribution in [-0.4, -0.2) is 53.7 Å². The summed E-state index contributed by atoms with van der Waals surface area (Å²) in [5, 5.41) is 9.10. The lowest BCUT2D eigenvalue weighted by molar-refractivity contribution is -0.138. The van der Waals surface area contributed by atoms with Gasteiger partial charge in [0.1, 0.15) is 6.54 Å². The number of carbonyl (C=O) groups excluding carboxylic acids is 2. The minimum atomic E-state index is -1.02. The minimum Gasteiger partial charge on any atom is -0.480 e. The molecule has 25 heavy (non-hydrogen) atoms. The second-order valence-corrected chi connectivity index (χ2v) is 7.65. The first kappa shape index (κ1) is 19.3. The summed E-state index contributed by atoms with van der Waals surface area (Å²) < 4.78 is 0. The maximum Gasteiger partial charge on any atom is 0.323 e. The second kappa shape index (κ2) is 8.38. The van der Waals surface area contributed by atoms with Gasteiger partial charge in [-0.1, -0.05) is 24.6 Å². The van der Waals surface area contributed by atoms with E-state index in [1.165, 1.54) is 11.8 Å². The Kier molecular flexibility index (Phi) is 6.47. The first-order valence-corrected chi connectivity index (χ1v) is 9.13. The number of rotatable bonds is 6. The van der Waals surface area contributed by atoms with E-state index in [4.69, 9.17) is 0 Å². The fraction of sp³-hybridized carbons (Fsp3) is 0.500. The Morgan fingerprint density at radius 2 is 1.84 bits per heavy atom. The zero-order chi connectivity index (χ0) is 18.6. The number of carboxylic acids is 1. The zero-order valence-corrected chi connectivity index (χ0v) is 15.6. The first-order valence-electron chi connectivity index (χ1n) is 8.32. The van der Waals surface area contributed by atoms with Gasteiger partial charge in [-0.3, -0.25) is 14.4 Å². The molecule has 0 aromatic heterocycles. The lowest BCUT2D eigenvalue weighted by Gasteiger charge is -2.28. The third kappa shape index (κ3) is 4.98. The summed E-state index contributed by atoms with van der Waals surface area (Å²) in [6.07, 6.45) is 3.65. The van der Waals surface area contributed by atoms with E-state index in [1.54, 1.807) is 12.1 Å². The molecule has 1 saturated carbocycles. The predicted octanol–water partition coefficient (Wildman–Crippen LogP) is 2.86. The summed E-state index contributed by atoms with van der Waals surface area (Å²) in [6, 6.07) is 5.25. The predicted molar refractivity (Wildman–Crippen MR) is 98.2 cm³/mol. The Balaban J connectivity index is 2.39. The van der Waals surface area contributed by atoms with Gasteiger partial charge in [0, 0.05) is 37.6 Å². The van der Waals surface area contributed by atoms with Crippen molar-refractivity contribution in [3.8, 4) is 0 Å². The Morgan fingerprint density at radius 3 is 2.36 bits per heavy atom. The molecule has 1 aromatic carbocycles. The SMILES string of the molecule is CC(=O)Sc1cc(N(C)C)ccc1C(=O)N(CC(=O)O)C1CCCC1. The van der Waals surface area contributed by atoms with Crippen molar-refractivity contribution in [1.29, 1.82) is 0 Å². The van der Waals surface area contributed by atoms with Crippen LogP contribution >= 0.6 is 11.8 Å². The number of amides is 1. The molecule has 0 saturated heterocycles. The molecule has 7 heteroatoms. The molecule has 1 aromatic rings. The van der Waals surface area contributed by atoms with Crippen molar-refractivity contribution in [3.05, 3.63) is 23.8 Å². The first-order chi connectivity index (χ1) is 11.8. The van der Waals surface area contributed by atoms with E-state index >= 15 is 0 Å². The van der Waals surface area contributed by atoms with Crippen LogP contribution in [0.2, 0.25) is 0 Å². The summed E-state index contributed by atoms with van der Waals surface area (Å²) in [4.78, 5) is 39.8. The molecule has 1 fully saturated rings. The lowest BCUT2D eigenvalue weighted by Crippen LogP contribution is -2.42. The van der Waals surface area contributed by atoms with Crippen molar-refractivity contribution < 1.29 is 19.5 Å². The van der Waals surface area contributed by atoms with Gasteiger partial charge in [-0.2, -0.15) is 0 Å². The van der Waals surface area contributed by atoms with Gasteiger partial charge >= 0.3 is 5.97 Å². The molecule has 6 nitrogen and oxygen atoms in total. The van der Waals surface area contributed by atoms with E-state index in [0.717, 1.165) is 43.1 Å². The van der Waals surface area contributed by atoms with Crippen molar-refractivity contribution in [2.24, 2.45) is 0 Å². The molecule has 0 atom stereocenters. The Bertz CT molecular complexity index is 669. The second-order valence-electron chi connectivity index (χ2n) is 6.43. The topological polar surface area (TPSA) is 77.9 Å². The van der Waals surface area contributed by atoms with E-state index in [1.807, 2.05) is 25.1 Å². The van der Waals surface area contributed by atoms with Gasteiger partial charge in [-0.05, 0) is 31.0 Å². The Hall–Kier alpha value is -2.02. The number of anilines is 1. The van der Waals surface area contributed by atoms with Crippen molar-refractivity contribution >= 4 is 34.4 Å². The number of carboxylic acid groups (broad SMARTS) is 1. The summed E-state index contributed by atoms with van der Waals surface area (Å²) in [5.41, 5.74) is 1.27. The van der Waals surface area contributed by atoms with Gasteiger partial charge in [0.25, 0.3) is 5.91 Å². The summed E-state index contributed by atoms with van der Waals surface area (Å²) in [6.45, 7) is 1.14. The summed E-state index contributed by atoms with van der Waals surface area (Å²) in [7, 11) is 3.77. The highest BCUT2D eigenvalue weighted by atomic mass is 32.2. The molecule has 2 rings (SSSR count). The van der Waals surface area contributed by atoms with Crippen LogP contribution in [0.3, 0.4) is 0 Å². The molecule has 136 valence electrons. The smallest absolute Gasteiger partial charge is 0.323 e. The summed E-state index contributed by atoms with van der Waals surface area (Å²) in [5.74, 6) is -1.34. The molecule has 0 aliphatic heterocycles. The Morgan fingerprint density at radius 1 is 1.20 bits per heavy atom. The van der Waals surface area contributed by atoms with Crippen molar-refractivity contribution in [3.63, 3.8) is 0 Å². The van der Waals surface area contributed by atoms with Gasteiger partial charge < -0.3 is 14.9 Å². The van der Waals surface area contributed by atoms with Crippen LogP contribution in [0.4, 0.5) is 5.69 Å². The highest BCUT2D eigenvalue weighted by molar-refractivity contribution is 8.13. The Labute approximate surface area is 152 Å². The molecule has 0 heterocycles. The molecule has 1 N–H and O–H groups in total. The van der Waals surface area contributed by atoms with Crippen LogP contribution in [0, 0.1) is 0 Å². The third-order valence-electron chi connectivity index (χ3n) is 4.30. The van der Waals surface area contributed by atoms with Crippen molar-refractivity contribution in [2.75, 3.05) is 25.5 Å². The van der Waals surface area contributed by atoms with E-state index in [0.29, 0.717) is 10.5 Å². The number of thioether (sulfide) groups is 1. The summed E-state index contributed by atoms with van der Waals surface area (Å²) >= 11 is 1.00. The van der Waals surface area contributed by atoms with Gasteiger partial charge in [-0.25, -0.2) is 0 Å². The monoisotopic (exact) mass is 364 g/mol. The fourth-order valence-corrected chi connectivity index (χ4v) is 3.84. The molecule has 1 aliphatic rings. The molecule has 0 unspecified atom stereocenters. The number of hydrogen-bond donors (Lipinski definition) is 1. The standard InChI is InChI=1S/C18H24N2O4S/c1-12(21)25-16-10-14(19(2)3)8-9-15(16)18(24)20(11-17(22)23)13-6-4-5-7-13/h8-10,13H,4-7,11H2,1-3H3,(H,22,23). The zero-order valence-electron chi connectivity index (χ0n) is 14.8. The van der Waals surface area contributed by atoms with E-state index in [2.05, 4.69) is 0 Å². The number of hydrogen-bond acceptors (Lipinski definition) is 5. The van der Waals surface area contributed by atoms with Crippen molar-refractivity contribution in [1.82, 2.24) is 4.90 Å². The van der Waals surface area contributed by atoms with Crippen LogP contribution in [0.15, 0.2) is 23.1 Å². The molecule has 1 amide bonds. The average Bonchev–Trinajstić information content (AvgIpc) is 3.05. The quantitative estimate of drug-likeness (QED) is 0.782. The van der Waals surface area contributed by atoms with Crippen molar-refractivity contribution in [2.45, 2.75) is 43.5 Å². The van der Waals surface area contributed by atoms with Crippen LogP contribution in [0.25, 0.3) is 0 Å². The lowest BCUT2D eigenvalue weighted by atomic mass is 10.1. The fourth-order valence-electron chi connectivity index (χ4n) is 3.09. The van der Waals surface area contributed by atoms with Gasteiger partial charge in [-0.15, -0.1) is 0 Å². The van der Waals surface area contributed by atoms with Crippen LogP contribution in [0.5, 0.6) is 0 Å². The number of carbonyl (C=O) groups is 3. The van der Waals surface area contributed by atoms with Gasteiger partial charge in [0.2, 0.25) is 0 Å². The normalized spacial score (nSPS) is 14.4. The molecular formula is C18H24N2O4S. The molecule has 1 aliphatic carbocycles. The van der Waals surface area contributed by atoms with Gasteiger partial charge in [0.15, 0.2) is 5.12 Å². The van der Waals surface area contributed by atoms with E-state index in [-0.39, 0.29) is 23.6 Å². The number of aliphatic carboxylic acids is 1. The highest BCUT2D eigenvalue weighted by Crippen LogP contribution is 2.31. The van der Waals surface area contributed by atoms with E-state index in [9.17, 15) is 19.5 Å². The average molecular weight is 364 g/mol. The third-order valence-corrected chi connectivity index (χ3v) is 5.14. The van der Waals surface area contributed by atoms with Crippen LogP contribution in [-0.2, 0) is 9.59 Å². The van der Waals surface area contributed by atoms with E-state index < -0.39 is 5.97 Å². The maximum absolute atomic E-state index is 13.1. The molecule has 0 spiro atoms. The molecule has 0 radical (unpaired) electrons.